The van der Waals surface area contributed by atoms with E-state index < -0.39 is 0 Å². The minimum Gasteiger partial charge on any atom is -0.347 e. The molecule has 2 aromatic rings. The fraction of sp³-hybridized carbons (Fsp3) is 0.250. The highest BCUT2D eigenvalue weighted by atomic mass is 79.9. The maximum Gasteiger partial charge on any atom is 0.261 e. The molecule has 1 aromatic carbocycles. The number of halogens is 2. The zero-order valence-electron chi connectivity index (χ0n) is 12.1. The van der Waals surface area contributed by atoms with E-state index in [-0.39, 0.29) is 11.8 Å². The molecule has 1 aromatic heterocycles. The van der Waals surface area contributed by atoms with E-state index in [1.165, 1.54) is 11.3 Å². The summed E-state index contributed by atoms with van der Waals surface area (Å²) in [6.07, 6.45) is 1.52. The van der Waals surface area contributed by atoms with E-state index in [1.807, 2.05) is 24.3 Å². The monoisotopic (exact) mass is 456 g/mol. The number of amides is 2. The summed E-state index contributed by atoms with van der Waals surface area (Å²) in [5.41, 5.74) is 1.88. The second-order valence-electron chi connectivity index (χ2n) is 5.23. The summed E-state index contributed by atoms with van der Waals surface area (Å²) in [7, 11) is 0. The van der Waals surface area contributed by atoms with Crippen LogP contribution in [0.4, 0.5) is 5.69 Å². The Kier molecular flexibility index (Phi) is 5.18. The molecule has 23 heavy (non-hydrogen) atoms. The van der Waals surface area contributed by atoms with Crippen molar-refractivity contribution < 1.29 is 9.59 Å². The number of nitrogens with one attached hydrogen (secondary N) is 1. The van der Waals surface area contributed by atoms with Crippen LogP contribution >= 0.6 is 43.2 Å². The van der Waals surface area contributed by atoms with Gasteiger partial charge in [-0.1, -0.05) is 12.1 Å². The Labute approximate surface area is 155 Å². The molecule has 4 nitrogen and oxygen atoms in total. The van der Waals surface area contributed by atoms with Crippen molar-refractivity contribution in [3.8, 4) is 0 Å². The number of rotatable bonds is 4. The Bertz CT molecular complexity index is 741. The van der Waals surface area contributed by atoms with Crippen molar-refractivity contribution >= 4 is 60.7 Å². The SMILES string of the molecule is O=C(NCc1cccc(N2CCCC2=O)c1)c1cc(Br)c(Br)s1. The minimum atomic E-state index is -0.107. The standard InChI is InChI=1S/C16H14Br2N2O2S/c17-12-8-13(23-15(12)18)16(22)19-9-10-3-1-4-11(7-10)20-6-2-5-14(20)21/h1,3-4,7-8H,2,5-6,9H2,(H,19,22). The van der Waals surface area contributed by atoms with Gasteiger partial charge in [-0.15, -0.1) is 11.3 Å². The molecule has 0 saturated carbocycles. The van der Waals surface area contributed by atoms with Crippen molar-refractivity contribution in [3.05, 3.63) is 49.0 Å². The van der Waals surface area contributed by atoms with Crippen LogP contribution in [0, 0.1) is 0 Å². The van der Waals surface area contributed by atoms with E-state index in [0.717, 1.165) is 32.5 Å². The molecule has 1 aliphatic heterocycles. The third-order valence-corrected chi connectivity index (χ3v) is 6.87. The van der Waals surface area contributed by atoms with Crippen molar-refractivity contribution in [3.63, 3.8) is 0 Å². The molecule has 1 N–H and O–H groups in total. The lowest BCUT2D eigenvalue weighted by molar-refractivity contribution is -0.117. The van der Waals surface area contributed by atoms with Gasteiger partial charge in [-0.3, -0.25) is 9.59 Å². The van der Waals surface area contributed by atoms with Crippen LogP contribution in [-0.4, -0.2) is 18.4 Å². The molecule has 0 bridgehead atoms. The lowest BCUT2D eigenvalue weighted by Crippen LogP contribution is -2.24. The van der Waals surface area contributed by atoms with Gasteiger partial charge in [0, 0.05) is 29.7 Å². The molecule has 1 aliphatic rings. The summed E-state index contributed by atoms with van der Waals surface area (Å²) in [5, 5.41) is 2.91. The van der Waals surface area contributed by atoms with Crippen molar-refractivity contribution in [2.45, 2.75) is 19.4 Å². The van der Waals surface area contributed by atoms with Crippen LogP contribution in [0.15, 0.2) is 38.6 Å². The second-order valence-corrected chi connectivity index (χ2v) is 8.46. The third-order valence-electron chi connectivity index (χ3n) is 3.62. The van der Waals surface area contributed by atoms with Crippen LogP contribution in [0.3, 0.4) is 0 Å². The first-order chi connectivity index (χ1) is 11.0. The zero-order chi connectivity index (χ0) is 16.4. The molecule has 1 fully saturated rings. The van der Waals surface area contributed by atoms with Crippen LogP contribution in [-0.2, 0) is 11.3 Å². The van der Waals surface area contributed by atoms with Gasteiger partial charge >= 0.3 is 0 Å². The lowest BCUT2D eigenvalue weighted by Gasteiger charge is -2.16. The summed E-state index contributed by atoms with van der Waals surface area (Å²) in [4.78, 5) is 26.4. The lowest BCUT2D eigenvalue weighted by atomic mass is 10.2. The Morgan fingerprint density at radius 3 is 2.78 bits per heavy atom. The average Bonchev–Trinajstić information content (AvgIpc) is 3.11. The highest BCUT2D eigenvalue weighted by Crippen LogP contribution is 2.32. The maximum atomic E-state index is 12.2. The van der Waals surface area contributed by atoms with E-state index in [9.17, 15) is 9.59 Å². The topological polar surface area (TPSA) is 49.4 Å². The van der Waals surface area contributed by atoms with Crippen LogP contribution in [0.25, 0.3) is 0 Å². The molecule has 0 aliphatic carbocycles. The van der Waals surface area contributed by atoms with Gasteiger partial charge in [-0.25, -0.2) is 0 Å². The maximum absolute atomic E-state index is 12.2. The molecular weight excluding hydrogens is 444 g/mol. The molecule has 0 atom stereocenters. The van der Waals surface area contributed by atoms with Crippen molar-refractivity contribution in [1.29, 1.82) is 0 Å². The molecule has 3 rings (SSSR count). The summed E-state index contributed by atoms with van der Waals surface area (Å²) in [6.45, 7) is 1.20. The van der Waals surface area contributed by atoms with E-state index in [1.54, 1.807) is 11.0 Å². The number of carbonyl (C=O) groups excluding carboxylic acids is 2. The van der Waals surface area contributed by atoms with Gasteiger partial charge in [0.25, 0.3) is 5.91 Å². The number of nitrogens with zero attached hydrogens (tertiary/aromatic N) is 1. The van der Waals surface area contributed by atoms with E-state index in [2.05, 4.69) is 37.2 Å². The number of carbonyl (C=O) groups is 2. The van der Waals surface area contributed by atoms with E-state index >= 15 is 0 Å². The molecule has 0 unspecified atom stereocenters. The van der Waals surface area contributed by atoms with Crippen LogP contribution < -0.4 is 10.2 Å². The summed E-state index contributed by atoms with van der Waals surface area (Å²) >= 11 is 8.15. The van der Waals surface area contributed by atoms with Crippen molar-refractivity contribution in [1.82, 2.24) is 5.32 Å². The Hall–Kier alpha value is -1.18. The largest absolute Gasteiger partial charge is 0.347 e. The number of hydrogen-bond acceptors (Lipinski definition) is 3. The summed E-state index contributed by atoms with van der Waals surface area (Å²) < 4.78 is 1.78. The Balaban J connectivity index is 1.66. The highest BCUT2D eigenvalue weighted by Gasteiger charge is 2.21. The molecule has 7 heteroatoms. The van der Waals surface area contributed by atoms with E-state index in [4.69, 9.17) is 0 Å². The number of benzene rings is 1. The van der Waals surface area contributed by atoms with Crippen molar-refractivity contribution in [2.75, 3.05) is 11.4 Å². The molecule has 0 radical (unpaired) electrons. The fourth-order valence-electron chi connectivity index (χ4n) is 2.48. The Morgan fingerprint density at radius 2 is 2.13 bits per heavy atom. The summed E-state index contributed by atoms with van der Waals surface area (Å²) in [6, 6.07) is 9.56. The van der Waals surface area contributed by atoms with Crippen molar-refractivity contribution in [2.24, 2.45) is 0 Å². The van der Waals surface area contributed by atoms with Gasteiger partial charge in [0.1, 0.15) is 0 Å². The quantitative estimate of drug-likeness (QED) is 0.742. The predicted molar refractivity (Wildman–Crippen MR) is 98.9 cm³/mol. The first-order valence-corrected chi connectivity index (χ1v) is 9.57. The average molecular weight is 458 g/mol. The smallest absolute Gasteiger partial charge is 0.261 e. The van der Waals surface area contributed by atoms with Gasteiger partial charge in [0.2, 0.25) is 5.91 Å². The second kappa shape index (κ2) is 7.15. The molecule has 120 valence electrons. The molecule has 1 saturated heterocycles. The molecular formula is C16H14Br2N2O2S. The first-order valence-electron chi connectivity index (χ1n) is 7.17. The predicted octanol–water partition coefficient (Wildman–Crippen LogP) is 4.33. The number of anilines is 1. The number of hydrogen-bond donors (Lipinski definition) is 1. The van der Waals surface area contributed by atoms with Gasteiger partial charge in [-0.2, -0.15) is 0 Å². The minimum absolute atomic E-state index is 0.107. The summed E-state index contributed by atoms with van der Waals surface area (Å²) in [5.74, 6) is 0.0588. The van der Waals surface area contributed by atoms with Gasteiger partial charge in [0.05, 0.1) is 8.66 Å². The van der Waals surface area contributed by atoms with Gasteiger partial charge < -0.3 is 10.2 Å². The molecule has 2 heterocycles. The normalized spacial score (nSPS) is 14.3. The molecule has 0 spiro atoms. The van der Waals surface area contributed by atoms with Crippen LogP contribution in [0.2, 0.25) is 0 Å². The van der Waals surface area contributed by atoms with E-state index in [0.29, 0.717) is 17.8 Å². The van der Waals surface area contributed by atoms with Crippen LogP contribution in [0.1, 0.15) is 28.1 Å². The fourth-order valence-corrected chi connectivity index (χ4v) is 4.44. The highest BCUT2D eigenvalue weighted by molar-refractivity contribution is 9.13. The number of thiophene rings is 1. The zero-order valence-corrected chi connectivity index (χ0v) is 16.1. The first kappa shape index (κ1) is 16.7. The Morgan fingerprint density at radius 1 is 1.30 bits per heavy atom. The van der Waals surface area contributed by atoms with Gasteiger partial charge in [-0.05, 0) is 62.0 Å². The molecule has 2 amide bonds. The third kappa shape index (κ3) is 3.84. The van der Waals surface area contributed by atoms with Crippen LogP contribution in [0.5, 0.6) is 0 Å². The van der Waals surface area contributed by atoms with Gasteiger partial charge in [0.15, 0.2) is 0 Å².